The summed E-state index contributed by atoms with van der Waals surface area (Å²) in [4.78, 5) is 14.9. The van der Waals surface area contributed by atoms with E-state index in [9.17, 15) is 18.5 Å². The number of benzene rings is 2. The van der Waals surface area contributed by atoms with Crippen LogP contribution in [-0.2, 0) is 10.0 Å². The number of non-ortho nitro benzene ring substituents is 1. The van der Waals surface area contributed by atoms with Gasteiger partial charge in [0.25, 0.3) is 15.7 Å². The summed E-state index contributed by atoms with van der Waals surface area (Å²) < 4.78 is 27.7. The highest BCUT2D eigenvalue weighted by Gasteiger charge is 2.27. The SMILES string of the molecule is Cc1nc2ccccc2n1S(=O)(=O)c1cc([N+](=O)[O-])ccc1SCCO. The van der Waals surface area contributed by atoms with E-state index in [1.807, 2.05) is 0 Å². The van der Waals surface area contributed by atoms with Gasteiger partial charge in [-0.1, -0.05) is 12.1 Å². The number of aromatic nitrogens is 2. The molecular formula is C16H15N3O5S2. The van der Waals surface area contributed by atoms with E-state index in [1.54, 1.807) is 31.2 Å². The lowest BCUT2D eigenvalue weighted by atomic mass is 10.3. The van der Waals surface area contributed by atoms with Crippen molar-refractivity contribution in [3.8, 4) is 0 Å². The number of aryl methyl sites for hydroxylation is 1. The van der Waals surface area contributed by atoms with Crippen LogP contribution in [0.25, 0.3) is 11.0 Å². The van der Waals surface area contributed by atoms with Crippen molar-refractivity contribution in [3.05, 3.63) is 58.4 Å². The molecule has 0 saturated heterocycles. The van der Waals surface area contributed by atoms with E-state index in [0.717, 1.165) is 21.8 Å². The largest absolute Gasteiger partial charge is 0.396 e. The highest BCUT2D eigenvalue weighted by atomic mass is 32.2. The van der Waals surface area contributed by atoms with Crippen molar-refractivity contribution in [2.75, 3.05) is 12.4 Å². The molecule has 1 heterocycles. The third kappa shape index (κ3) is 3.18. The Balaban J connectivity index is 2.27. The lowest BCUT2D eigenvalue weighted by molar-refractivity contribution is -0.385. The molecule has 0 amide bonds. The maximum atomic E-state index is 13.3. The molecule has 1 aromatic heterocycles. The Morgan fingerprint density at radius 2 is 2.00 bits per heavy atom. The number of aliphatic hydroxyl groups excluding tert-OH is 1. The quantitative estimate of drug-likeness (QED) is 0.389. The first kappa shape index (κ1) is 18.4. The van der Waals surface area contributed by atoms with Gasteiger partial charge in [0, 0.05) is 22.8 Å². The molecule has 0 aliphatic rings. The van der Waals surface area contributed by atoms with E-state index in [4.69, 9.17) is 5.11 Å². The topological polar surface area (TPSA) is 115 Å². The lowest BCUT2D eigenvalue weighted by Crippen LogP contribution is -2.16. The highest BCUT2D eigenvalue weighted by molar-refractivity contribution is 8.00. The summed E-state index contributed by atoms with van der Waals surface area (Å²) in [5.74, 6) is 0.528. The Labute approximate surface area is 153 Å². The molecule has 2 aromatic carbocycles. The summed E-state index contributed by atoms with van der Waals surface area (Å²) in [5.41, 5.74) is 0.595. The van der Waals surface area contributed by atoms with Gasteiger partial charge in [-0.25, -0.2) is 17.4 Å². The zero-order valence-corrected chi connectivity index (χ0v) is 15.3. The lowest BCUT2D eigenvalue weighted by Gasteiger charge is -2.12. The zero-order chi connectivity index (χ0) is 18.9. The van der Waals surface area contributed by atoms with Crippen molar-refractivity contribution in [2.45, 2.75) is 16.7 Å². The van der Waals surface area contributed by atoms with Gasteiger partial charge < -0.3 is 5.11 Å². The summed E-state index contributed by atoms with van der Waals surface area (Å²) in [6, 6.07) is 10.5. The molecule has 0 bridgehead atoms. The number of nitrogens with zero attached hydrogens (tertiary/aromatic N) is 3. The summed E-state index contributed by atoms with van der Waals surface area (Å²) in [6.45, 7) is 1.42. The van der Waals surface area contributed by atoms with Gasteiger partial charge in [-0.05, 0) is 25.1 Å². The standard InChI is InChI=1S/C16H15N3O5S2/c1-11-17-13-4-2-3-5-14(13)18(11)26(23,24)16-10-12(19(21)22)6-7-15(16)25-9-8-20/h2-7,10,20H,8-9H2,1H3. The molecule has 0 aliphatic carbocycles. The maximum Gasteiger partial charge on any atom is 0.271 e. The third-order valence-corrected chi connectivity index (χ3v) is 6.70. The Morgan fingerprint density at radius 3 is 2.69 bits per heavy atom. The second-order valence-electron chi connectivity index (χ2n) is 5.38. The van der Waals surface area contributed by atoms with Gasteiger partial charge in [0.1, 0.15) is 10.7 Å². The average Bonchev–Trinajstić information content (AvgIpc) is 2.96. The van der Waals surface area contributed by atoms with E-state index in [0.29, 0.717) is 15.9 Å². The van der Waals surface area contributed by atoms with Crippen molar-refractivity contribution in [1.82, 2.24) is 8.96 Å². The Bertz CT molecular complexity index is 1090. The minimum atomic E-state index is -4.12. The number of nitro benzene ring substituents is 1. The number of thioether (sulfide) groups is 1. The van der Waals surface area contributed by atoms with Crippen LogP contribution in [0.1, 0.15) is 5.82 Å². The van der Waals surface area contributed by atoms with Crippen molar-refractivity contribution < 1.29 is 18.4 Å². The van der Waals surface area contributed by atoms with Crippen LogP contribution >= 0.6 is 11.8 Å². The number of hydrogen-bond donors (Lipinski definition) is 1. The monoisotopic (exact) mass is 393 g/mol. The predicted molar refractivity (Wildman–Crippen MR) is 98.0 cm³/mol. The average molecular weight is 393 g/mol. The number of fused-ring (bicyclic) bond motifs is 1. The van der Waals surface area contributed by atoms with E-state index in [-0.39, 0.29) is 28.8 Å². The zero-order valence-electron chi connectivity index (χ0n) is 13.7. The first-order chi connectivity index (χ1) is 12.4. The normalized spacial score (nSPS) is 11.8. The second-order valence-corrected chi connectivity index (χ2v) is 8.27. The first-order valence-electron chi connectivity index (χ1n) is 7.58. The van der Waals surface area contributed by atoms with Crippen LogP contribution in [0, 0.1) is 17.0 Å². The van der Waals surface area contributed by atoms with E-state index >= 15 is 0 Å². The predicted octanol–water partition coefficient (Wildman–Crippen LogP) is 2.57. The minimum Gasteiger partial charge on any atom is -0.396 e. The maximum absolute atomic E-state index is 13.3. The fraction of sp³-hybridized carbons (Fsp3) is 0.188. The molecule has 0 fully saturated rings. The molecule has 0 radical (unpaired) electrons. The number of rotatable bonds is 6. The number of imidazole rings is 1. The smallest absolute Gasteiger partial charge is 0.271 e. The van der Waals surface area contributed by atoms with Crippen molar-refractivity contribution in [2.24, 2.45) is 0 Å². The molecule has 10 heteroatoms. The van der Waals surface area contributed by atoms with Crippen LogP contribution in [0.15, 0.2) is 52.3 Å². The molecule has 3 rings (SSSR count). The summed E-state index contributed by atoms with van der Waals surface area (Å²) in [5, 5.41) is 20.2. The molecule has 8 nitrogen and oxygen atoms in total. The molecule has 0 spiro atoms. The summed E-state index contributed by atoms with van der Waals surface area (Å²) in [6.07, 6.45) is 0. The van der Waals surface area contributed by atoms with Crippen LogP contribution in [0.5, 0.6) is 0 Å². The fourth-order valence-corrected chi connectivity index (χ4v) is 5.37. The fourth-order valence-electron chi connectivity index (χ4n) is 2.61. The Kier molecular flexibility index (Phi) is 4.99. The van der Waals surface area contributed by atoms with Gasteiger partial charge in [-0.3, -0.25) is 10.1 Å². The van der Waals surface area contributed by atoms with Crippen LogP contribution < -0.4 is 0 Å². The molecule has 3 aromatic rings. The molecule has 136 valence electrons. The number of para-hydroxylation sites is 2. The van der Waals surface area contributed by atoms with Crippen molar-refractivity contribution in [1.29, 1.82) is 0 Å². The van der Waals surface area contributed by atoms with E-state index in [1.165, 1.54) is 12.1 Å². The molecule has 0 saturated carbocycles. The van der Waals surface area contributed by atoms with Gasteiger partial charge in [0.15, 0.2) is 0 Å². The number of hydrogen-bond acceptors (Lipinski definition) is 7. The van der Waals surface area contributed by atoms with Crippen LogP contribution in [0.3, 0.4) is 0 Å². The highest BCUT2D eigenvalue weighted by Crippen LogP contribution is 2.33. The Hall–Kier alpha value is -2.43. The van der Waals surface area contributed by atoms with Crippen LogP contribution in [-0.4, -0.2) is 39.8 Å². The van der Waals surface area contributed by atoms with E-state index in [2.05, 4.69) is 4.98 Å². The van der Waals surface area contributed by atoms with Crippen LogP contribution in [0.4, 0.5) is 5.69 Å². The molecule has 0 unspecified atom stereocenters. The molecule has 26 heavy (non-hydrogen) atoms. The van der Waals surface area contributed by atoms with Gasteiger partial charge in [-0.2, -0.15) is 0 Å². The first-order valence-corrected chi connectivity index (χ1v) is 10.0. The molecule has 1 N–H and O–H groups in total. The van der Waals surface area contributed by atoms with Crippen LogP contribution in [0.2, 0.25) is 0 Å². The third-order valence-electron chi connectivity index (χ3n) is 3.68. The van der Waals surface area contributed by atoms with Gasteiger partial charge in [-0.15, -0.1) is 11.8 Å². The van der Waals surface area contributed by atoms with Gasteiger partial charge >= 0.3 is 0 Å². The van der Waals surface area contributed by atoms with Gasteiger partial charge in [0.2, 0.25) is 0 Å². The minimum absolute atomic E-state index is 0.145. The molecule has 0 aliphatic heterocycles. The summed E-state index contributed by atoms with van der Waals surface area (Å²) in [7, 11) is -4.12. The number of nitro groups is 1. The molecular weight excluding hydrogens is 378 g/mol. The van der Waals surface area contributed by atoms with Crippen molar-refractivity contribution in [3.63, 3.8) is 0 Å². The van der Waals surface area contributed by atoms with E-state index < -0.39 is 14.9 Å². The second kappa shape index (κ2) is 7.06. The number of aliphatic hydroxyl groups is 1. The summed E-state index contributed by atoms with van der Waals surface area (Å²) >= 11 is 1.12. The Morgan fingerprint density at radius 1 is 1.27 bits per heavy atom. The van der Waals surface area contributed by atoms with Gasteiger partial charge in [0.05, 0.1) is 22.6 Å². The molecule has 0 atom stereocenters. The van der Waals surface area contributed by atoms with Crippen molar-refractivity contribution >= 4 is 38.5 Å².